The van der Waals surface area contributed by atoms with E-state index in [4.69, 9.17) is 9.47 Å². The second-order valence-electron chi connectivity index (χ2n) is 4.09. The molecule has 1 amide bonds. The van der Waals surface area contributed by atoms with Gasteiger partial charge in [-0.3, -0.25) is 4.79 Å². The zero-order valence-electron chi connectivity index (χ0n) is 12.0. The molecule has 0 saturated heterocycles. The fourth-order valence-electron chi connectivity index (χ4n) is 1.72. The Bertz CT molecular complexity index is 665. The molecular formula is C15H16N2O3S. The summed E-state index contributed by atoms with van der Waals surface area (Å²) in [5, 5.41) is 3.34. The Balaban J connectivity index is 2.17. The third-order valence-corrected chi connectivity index (χ3v) is 3.76. The van der Waals surface area contributed by atoms with E-state index in [1.54, 1.807) is 27.5 Å². The van der Waals surface area contributed by atoms with Crippen molar-refractivity contribution in [3.05, 3.63) is 39.8 Å². The third kappa shape index (κ3) is 3.61. The minimum Gasteiger partial charge on any atom is -0.493 e. The molecule has 21 heavy (non-hydrogen) atoms. The van der Waals surface area contributed by atoms with Gasteiger partial charge in [0, 0.05) is 7.05 Å². The number of rotatable bonds is 5. The first-order chi connectivity index (χ1) is 10.2. The number of hydrogen-bond acceptors (Lipinski definition) is 5. The maximum Gasteiger partial charge on any atom is 0.262 e. The molecule has 1 aromatic carbocycles. The van der Waals surface area contributed by atoms with Gasteiger partial charge < -0.3 is 14.8 Å². The summed E-state index contributed by atoms with van der Waals surface area (Å²) in [7, 11) is 4.80. The van der Waals surface area contributed by atoms with Crippen LogP contribution in [0.3, 0.4) is 0 Å². The summed E-state index contributed by atoms with van der Waals surface area (Å²) in [4.78, 5) is 16.2. The lowest BCUT2D eigenvalue weighted by atomic mass is 10.2. The third-order valence-electron chi connectivity index (χ3n) is 2.80. The second-order valence-corrected chi connectivity index (χ2v) is 5.15. The van der Waals surface area contributed by atoms with Crippen LogP contribution in [0.4, 0.5) is 0 Å². The summed E-state index contributed by atoms with van der Waals surface area (Å²) in [5.41, 5.74) is 0.962. The van der Waals surface area contributed by atoms with Crippen molar-refractivity contribution in [1.29, 1.82) is 0 Å². The summed E-state index contributed by atoms with van der Waals surface area (Å²) < 4.78 is 10.4. The van der Waals surface area contributed by atoms with Crippen LogP contribution >= 0.6 is 11.3 Å². The van der Waals surface area contributed by atoms with Gasteiger partial charge in [0.15, 0.2) is 11.5 Å². The highest BCUT2D eigenvalue weighted by Gasteiger charge is 2.07. The largest absolute Gasteiger partial charge is 0.493 e. The molecule has 0 aliphatic carbocycles. The van der Waals surface area contributed by atoms with Gasteiger partial charge in [0.2, 0.25) is 0 Å². The molecule has 0 fully saturated rings. The number of methoxy groups -OCH3 is 2. The monoisotopic (exact) mass is 304 g/mol. The molecule has 1 heterocycles. The van der Waals surface area contributed by atoms with E-state index in [0.717, 1.165) is 10.6 Å². The molecule has 0 saturated carbocycles. The number of amides is 1. The van der Waals surface area contributed by atoms with Crippen molar-refractivity contribution in [1.82, 2.24) is 10.3 Å². The van der Waals surface area contributed by atoms with E-state index in [9.17, 15) is 4.79 Å². The highest BCUT2D eigenvalue weighted by Crippen LogP contribution is 2.28. The predicted molar refractivity (Wildman–Crippen MR) is 84.0 cm³/mol. The van der Waals surface area contributed by atoms with Crippen molar-refractivity contribution in [2.75, 3.05) is 21.3 Å². The van der Waals surface area contributed by atoms with E-state index in [1.165, 1.54) is 11.3 Å². The molecule has 2 aromatic rings. The summed E-state index contributed by atoms with van der Waals surface area (Å²) in [6.07, 6.45) is 5.34. The summed E-state index contributed by atoms with van der Waals surface area (Å²) in [6, 6.07) is 5.64. The van der Waals surface area contributed by atoms with Gasteiger partial charge in [-0.2, -0.15) is 0 Å². The Hall–Kier alpha value is -2.34. The second kappa shape index (κ2) is 6.90. The van der Waals surface area contributed by atoms with Crippen LogP contribution in [0.25, 0.3) is 12.2 Å². The highest BCUT2D eigenvalue weighted by atomic mass is 32.1. The zero-order chi connectivity index (χ0) is 15.2. The fraction of sp³-hybridized carbons (Fsp3) is 0.200. The number of nitrogens with one attached hydrogen (secondary N) is 1. The van der Waals surface area contributed by atoms with Crippen molar-refractivity contribution in [2.45, 2.75) is 0 Å². The van der Waals surface area contributed by atoms with Crippen LogP contribution in [0.2, 0.25) is 0 Å². The van der Waals surface area contributed by atoms with Crippen molar-refractivity contribution in [3.63, 3.8) is 0 Å². The Morgan fingerprint density at radius 2 is 2.00 bits per heavy atom. The average molecular weight is 304 g/mol. The van der Waals surface area contributed by atoms with Crippen molar-refractivity contribution in [2.24, 2.45) is 0 Å². The number of benzene rings is 1. The van der Waals surface area contributed by atoms with Crippen LogP contribution < -0.4 is 14.8 Å². The smallest absolute Gasteiger partial charge is 0.262 e. The standard InChI is InChI=1S/C15H16N2O3S/c1-16-15(18)13-9-17-14(21-13)7-5-10-4-6-11(19-2)12(8-10)20-3/h4-9H,1-3H3,(H,16,18)/b7-5+. The molecule has 0 aliphatic heterocycles. The molecule has 0 unspecified atom stereocenters. The lowest BCUT2D eigenvalue weighted by molar-refractivity contribution is 0.0967. The minimum absolute atomic E-state index is 0.127. The number of carbonyl (C=O) groups is 1. The van der Waals surface area contributed by atoms with Gasteiger partial charge in [-0.15, -0.1) is 11.3 Å². The van der Waals surface area contributed by atoms with Gasteiger partial charge in [0.25, 0.3) is 5.91 Å². The molecule has 0 bridgehead atoms. The first-order valence-electron chi connectivity index (χ1n) is 6.26. The molecule has 6 heteroatoms. The Kier molecular flexibility index (Phi) is 4.94. The van der Waals surface area contributed by atoms with Crippen LogP contribution in [0.15, 0.2) is 24.4 Å². The van der Waals surface area contributed by atoms with Crippen LogP contribution in [0.5, 0.6) is 11.5 Å². The molecular weight excluding hydrogens is 288 g/mol. The maximum absolute atomic E-state index is 11.5. The van der Waals surface area contributed by atoms with E-state index >= 15 is 0 Å². The molecule has 5 nitrogen and oxygen atoms in total. The Labute approximate surface area is 127 Å². The number of hydrogen-bond donors (Lipinski definition) is 1. The fourth-order valence-corrected chi connectivity index (χ4v) is 2.48. The molecule has 110 valence electrons. The number of nitrogens with zero attached hydrogens (tertiary/aromatic N) is 1. The molecule has 0 aliphatic rings. The van der Waals surface area contributed by atoms with E-state index < -0.39 is 0 Å². The highest BCUT2D eigenvalue weighted by molar-refractivity contribution is 7.14. The predicted octanol–water partition coefficient (Wildman–Crippen LogP) is 2.69. The lowest BCUT2D eigenvalue weighted by Crippen LogP contribution is -2.16. The summed E-state index contributed by atoms with van der Waals surface area (Å²) in [6.45, 7) is 0. The topological polar surface area (TPSA) is 60.5 Å². The van der Waals surface area contributed by atoms with Crippen molar-refractivity contribution < 1.29 is 14.3 Å². The number of thiazole rings is 1. The van der Waals surface area contributed by atoms with Gasteiger partial charge in [-0.1, -0.05) is 12.1 Å². The van der Waals surface area contributed by atoms with E-state index in [1.807, 2.05) is 30.4 Å². The average Bonchev–Trinajstić information content (AvgIpc) is 3.00. The van der Waals surface area contributed by atoms with Crippen LogP contribution in [-0.4, -0.2) is 32.2 Å². The van der Waals surface area contributed by atoms with Gasteiger partial charge in [-0.05, 0) is 23.8 Å². The van der Waals surface area contributed by atoms with Gasteiger partial charge >= 0.3 is 0 Å². The molecule has 1 aromatic heterocycles. The van der Waals surface area contributed by atoms with Gasteiger partial charge in [-0.25, -0.2) is 4.98 Å². The van der Waals surface area contributed by atoms with Crippen LogP contribution in [0, 0.1) is 0 Å². The van der Waals surface area contributed by atoms with E-state index in [2.05, 4.69) is 10.3 Å². The van der Waals surface area contributed by atoms with Gasteiger partial charge in [0.05, 0.1) is 20.4 Å². The maximum atomic E-state index is 11.5. The lowest BCUT2D eigenvalue weighted by Gasteiger charge is -2.07. The number of ether oxygens (including phenoxy) is 2. The molecule has 1 N–H and O–H groups in total. The molecule has 2 rings (SSSR count). The number of aromatic nitrogens is 1. The van der Waals surface area contributed by atoms with Gasteiger partial charge in [0.1, 0.15) is 9.88 Å². The first kappa shape index (κ1) is 15.1. The zero-order valence-corrected chi connectivity index (χ0v) is 12.9. The number of carbonyl (C=O) groups excluding carboxylic acids is 1. The van der Waals surface area contributed by atoms with E-state index in [0.29, 0.717) is 16.4 Å². The van der Waals surface area contributed by atoms with Crippen molar-refractivity contribution in [3.8, 4) is 11.5 Å². The Morgan fingerprint density at radius 3 is 2.67 bits per heavy atom. The Morgan fingerprint density at radius 1 is 1.24 bits per heavy atom. The van der Waals surface area contributed by atoms with Crippen molar-refractivity contribution >= 4 is 29.4 Å². The molecule has 0 spiro atoms. The SMILES string of the molecule is CNC(=O)c1cnc(/C=C/c2ccc(OC)c(OC)c2)s1. The summed E-state index contributed by atoms with van der Waals surface area (Å²) >= 11 is 1.34. The summed E-state index contributed by atoms with van der Waals surface area (Å²) in [5.74, 6) is 1.23. The van der Waals surface area contributed by atoms with Crippen LogP contribution in [-0.2, 0) is 0 Å². The quantitative estimate of drug-likeness (QED) is 0.922. The normalized spacial score (nSPS) is 10.6. The first-order valence-corrected chi connectivity index (χ1v) is 7.07. The molecule has 0 atom stereocenters. The van der Waals surface area contributed by atoms with E-state index in [-0.39, 0.29) is 5.91 Å². The molecule has 0 radical (unpaired) electrons. The van der Waals surface area contributed by atoms with Crippen LogP contribution in [0.1, 0.15) is 20.2 Å². The minimum atomic E-state index is -0.127.